The van der Waals surface area contributed by atoms with Crippen molar-refractivity contribution < 1.29 is 9.53 Å². The Morgan fingerprint density at radius 2 is 1.32 bits per heavy atom. The molecular formula is C17H34O2. The molecule has 0 aliphatic heterocycles. The van der Waals surface area contributed by atoms with E-state index in [9.17, 15) is 4.79 Å². The third kappa shape index (κ3) is 13.7. The van der Waals surface area contributed by atoms with Crippen molar-refractivity contribution in [3.63, 3.8) is 0 Å². The van der Waals surface area contributed by atoms with E-state index in [1.54, 1.807) is 0 Å². The lowest BCUT2D eigenvalue weighted by molar-refractivity contribution is -0.147. The fourth-order valence-electron chi connectivity index (χ4n) is 2.50. The molecule has 0 rings (SSSR count). The van der Waals surface area contributed by atoms with Crippen LogP contribution >= 0.6 is 0 Å². The first-order chi connectivity index (χ1) is 9.20. The van der Waals surface area contributed by atoms with Gasteiger partial charge in [-0.25, -0.2) is 0 Å². The van der Waals surface area contributed by atoms with E-state index in [0.717, 1.165) is 19.3 Å². The molecule has 0 aromatic rings. The SMILES string of the molecule is CCCCCCCCCCC[C@@H](CCC)OC(C)=O. The molecule has 0 bridgehead atoms. The molecule has 0 N–H and O–H groups in total. The largest absolute Gasteiger partial charge is 0.463 e. The van der Waals surface area contributed by atoms with E-state index in [-0.39, 0.29) is 12.1 Å². The number of hydrogen-bond acceptors (Lipinski definition) is 2. The first-order valence-corrected chi connectivity index (χ1v) is 8.37. The fourth-order valence-corrected chi connectivity index (χ4v) is 2.50. The molecule has 0 saturated heterocycles. The molecule has 0 heterocycles. The summed E-state index contributed by atoms with van der Waals surface area (Å²) in [5, 5.41) is 0. The molecule has 0 amide bonds. The van der Waals surface area contributed by atoms with Gasteiger partial charge in [-0.3, -0.25) is 4.79 Å². The van der Waals surface area contributed by atoms with Crippen molar-refractivity contribution in [1.82, 2.24) is 0 Å². The summed E-state index contributed by atoms with van der Waals surface area (Å²) in [4.78, 5) is 11.0. The molecule has 2 nitrogen and oxygen atoms in total. The molecule has 0 radical (unpaired) electrons. The second kappa shape index (κ2) is 13.9. The molecule has 0 spiro atoms. The van der Waals surface area contributed by atoms with Crippen molar-refractivity contribution >= 4 is 5.97 Å². The van der Waals surface area contributed by atoms with E-state index in [1.807, 2.05) is 0 Å². The zero-order valence-electron chi connectivity index (χ0n) is 13.4. The molecule has 0 unspecified atom stereocenters. The van der Waals surface area contributed by atoms with Crippen LogP contribution in [0.5, 0.6) is 0 Å². The summed E-state index contributed by atoms with van der Waals surface area (Å²) in [6.45, 7) is 5.92. The van der Waals surface area contributed by atoms with E-state index in [1.165, 1.54) is 64.7 Å². The summed E-state index contributed by atoms with van der Waals surface area (Å²) < 4.78 is 5.32. The Hall–Kier alpha value is -0.530. The molecule has 0 aliphatic carbocycles. The standard InChI is InChI=1S/C17H34O2/c1-4-6-7-8-9-10-11-12-13-15-17(14-5-2)19-16(3)18/h17H,4-15H2,1-3H3/t17-/m1/s1. The molecule has 1 atom stereocenters. The highest BCUT2D eigenvalue weighted by molar-refractivity contribution is 5.66. The van der Waals surface area contributed by atoms with Crippen LogP contribution in [0.4, 0.5) is 0 Å². The van der Waals surface area contributed by atoms with Gasteiger partial charge in [0.25, 0.3) is 0 Å². The number of unbranched alkanes of at least 4 members (excludes halogenated alkanes) is 8. The molecule has 0 saturated carbocycles. The van der Waals surface area contributed by atoms with Crippen molar-refractivity contribution in [2.45, 2.75) is 104 Å². The Kier molecular flexibility index (Phi) is 13.5. The van der Waals surface area contributed by atoms with Gasteiger partial charge in [0.1, 0.15) is 6.10 Å². The van der Waals surface area contributed by atoms with Crippen molar-refractivity contribution in [3.8, 4) is 0 Å². The number of carbonyl (C=O) groups excluding carboxylic acids is 1. The quantitative estimate of drug-likeness (QED) is 0.320. The third-order valence-corrected chi connectivity index (χ3v) is 3.57. The Labute approximate surface area is 120 Å². The highest BCUT2D eigenvalue weighted by atomic mass is 16.5. The fraction of sp³-hybridized carbons (Fsp3) is 0.941. The van der Waals surface area contributed by atoms with E-state index in [2.05, 4.69) is 13.8 Å². The average Bonchev–Trinajstić information content (AvgIpc) is 2.36. The number of hydrogen-bond donors (Lipinski definition) is 0. The van der Waals surface area contributed by atoms with Crippen LogP contribution in [0.3, 0.4) is 0 Å². The second-order valence-corrected chi connectivity index (χ2v) is 5.64. The van der Waals surface area contributed by atoms with Crippen LogP contribution in [-0.4, -0.2) is 12.1 Å². The molecule has 2 heteroatoms. The predicted octanol–water partition coefficient (Wildman–Crippen LogP) is 5.64. The molecule has 0 fully saturated rings. The third-order valence-electron chi connectivity index (χ3n) is 3.57. The summed E-state index contributed by atoms with van der Waals surface area (Å²) in [5.41, 5.74) is 0. The summed E-state index contributed by atoms with van der Waals surface area (Å²) in [5.74, 6) is -0.130. The average molecular weight is 270 g/mol. The van der Waals surface area contributed by atoms with Crippen LogP contribution in [0.2, 0.25) is 0 Å². The van der Waals surface area contributed by atoms with Gasteiger partial charge < -0.3 is 4.74 Å². The molecule has 114 valence electrons. The van der Waals surface area contributed by atoms with Gasteiger partial charge in [0.05, 0.1) is 0 Å². The predicted molar refractivity (Wildman–Crippen MR) is 82.3 cm³/mol. The lowest BCUT2D eigenvalue weighted by Crippen LogP contribution is -2.15. The summed E-state index contributed by atoms with van der Waals surface area (Å²) in [7, 11) is 0. The zero-order chi connectivity index (χ0) is 14.3. The van der Waals surface area contributed by atoms with Crippen LogP contribution in [-0.2, 0) is 9.53 Å². The molecule has 0 aromatic carbocycles. The Balaban J connectivity index is 3.36. The van der Waals surface area contributed by atoms with Crippen LogP contribution < -0.4 is 0 Å². The van der Waals surface area contributed by atoms with Gasteiger partial charge in [-0.2, -0.15) is 0 Å². The van der Waals surface area contributed by atoms with Crippen molar-refractivity contribution in [1.29, 1.82) is 0 Å². The van der Waals surface area contributed by atoms with E-state index < -0.39 is 0 Å². The van der Waals surface area contributed by atoms with Crippen LogP contribution in [0, 0.1) is 0 Å². The number of carbonyl (C=O) groups is 1. The maximum Gasteiger partial charge on any atom is 0.302 e. The molecular weight excluding hydrogens is 236 g/mol. The van der Waals surface area contributed by atoms with Gasteiger partial charge in [0, 0.05) is 6.92 Å². The minimum absolute atomic E-state index is 0.130. The van der Waals surface area contributed by atoms with Gasteiger partial charge in [-0.1, -0.05) is 71.6 Å². The minimum atomic E-state index is -0.130. The highest BCUT2D eigenvalue weighted by Gasteiger charge is 2.10. The van der Waals surface area contributed by atoms with E-state index >= 15 is 0 Å². The van der Waals surface area contributed by atoms with E-state index in [0.29, 0.717) is 0 Å². The Morgan fingerprint density at radius 1 is 0.789 bits per heavy atom. The first-order valence-electron chi connectivity index (χ1n) is 8.37. The summed E-state index contributed by atoms with van der Waals surface area (Å²) in [6.07, 6.45) is 15.4. The van der Waals surface area contributed by atoms with Gasteiger partial charge in [-0.05, 0) is 19.3 Å². The maximum absolute atomic E-state index is 11.0. The van der Waals surface area contributed by atoms with Crippen molar-refractivity contribution in [2.75, 3.05) is 0 Å². The molecule has 0 aliphatic rings. The van der Waals surface area contributed by atoms with Crippen LogP contribution in [0.1, 0.15) is 97.8 Å². The zero-order valence-corrected chi connectivity index (χ0v) is 13.4. The van der Waals surface area contributed by atoms with Gasteiger partial charge >= 0.3 is 5.97 Å². The Morgan fingerprint density at radius 3 is 1.79 bits per heavy atom. The van der Waals surface area contributed by atoms with Gasteiger partial charge in [-0.15, -0.1) is 0 Å². The number of esters is 1. The van der Waals surface area contributed by atoms with Crippen molar-refractivity contribution in [2.24, 2.45) is 0 Å². The number of rotatable bonds is 13. The first kappa shape index (κ1) is 18.5. The van der Waals surface area contributed by atoms with Crippen LogP contribution in [0.25, 0.3) is 0 Å². The van der Waals surface area contributed by atoms with E-state index in [4.69, 9.17) is 4.74 Å². The Bertz CT molecular complexity index is 201. The van der Waals surface area contributed by atoms with Gasteiger partial charge in [0.15, 0.2) is 0 Å². The molecule has 19 heavy (non-hydrogen) atoms. The molecule has 0 aromatic heterocycles. The van der Waals surface area contributed by atoms with Crippen LogP contribution in [0.15, 0.2) is 0 Å². The maximum atomic E-state index is 11.0. The highest BCUT2D eigenvalue weighted by Crippen LogP contribution is 2.15. The minimum Gasteiger partial charge on any atom is -0.463 e. The smallest absolute Gasteiger partial charge is 0.302 e. The lowest BCUT2D eigenvalue weighted by atomic mass is 10.0. The number of ether oxygens (including phenoxy) is 1. The summed E-state index contributed by atoms with van der Waals surface area (Å²) >= 11 is 0. The van der Waals surface area contributed by atoms with Gasteiger partial charge in [0.2, 0.25) is 0 Å². The topological polar surface area (TPSA) is 26.3 Å². The summed E-state index contributed by atoms with van der Waals surface area (Å²) in [6, 6.07) is 0. The monoisotopic (exact) mass is 270 g/mol. The van der Waals surface area contributed by atoms with Crippen molar-refractivity contribution in [3.05, 3.63) is 0 Å². The lowest BCUT2D eigenvalue weighted by Gasteiger charge is -2.15. The normalized spacial score (nSPS) is 12.4. The second-order valence-electron chi connectivity index (χ2n) is 5.64.